The summed E-state index contributed by atoms with van der Waals surface area (Å²) in [6.07, 6.45) is 2.76. The Balaban J connectivity index is 1.87. The number of nitrogens with one attached hydrogen (secondary N) is 1. The van der Waals surface area contributed by atoms with Gasteiger partial charge < -0.3 is 5.32 Å². The second-order valence-electron chi connectivity index (χ2n) is 4.20. The molecule has 3 aromatic heterocycles. The molecule has 0 saturated heterocycles. The molecule has 0 saturated carbocycles. The Morgan fingerprint density at radius 1 is 1.37 bits per heavy atom. The van der Waals surface area contributed by atoms with E-state index >= 15 is 0 Å². The molecule has 0 fully saturated rings. The molecule has 5 nitrogen and oxygen atoms in total. The largest absolute Gasteiger partial charge is 0.378 e. The van der Waals surface area contributed by atoms with E-state index in [9.17, 15) is 4.39 Å². The molecular formula is C12H12FN5S. The summed E-state index contributed by atoms with van der Waals surface area (Å²) >= 11 is 1.55. The number of pyridine rings is 1. The van der Waals surface area contributed by atoms with Gasteiger partial charge in [0.05, 0.1) is 36.0 Å². The Morgan fingerprint density at radius 3 is 3.00 bits per heavy atom. The fourth-order valence-corrected chi connectivity index (χ4v) is 2.69. The number of hydrogen-bond donors (Lipinski definition) is 1. The van der Waals surface area contributed by atoms with Gasteiger partial charge in [0, 0.05) is 6.07 Å². The summed E-state index contributed by atoms with van der Waals surface area (Å²) in [5.41, 5.74) is 2.54. The molecule has 3 heterocycles. The molecule has 7 heteroatoms. The van der Waals surface area contributed by atoms with Crippen molar-refractivity contribution in [1.29, 1.82) is 0 Å². The first kappa shape index (κ1) is 12.0. The van der Waals surface area contributed by atoms with Gasteiger partial charge in [0.1, 0.15) is 10.8 Å². The molecule has 0 spiro atoms. The Labute approximate surface area is 113 Å². The summed E-state index contributed by atoms with van der Waals surface area (Å²) in [5, 5.41) is 8.51. The second kappa shape index (κ2) is 4.58. The highest BCUT2D eigenvalue weighted by atomic mass is 32.1. The molecule has 0 atom stereocenters. The van der Waals surface area contributed by atoms with Gasteiger partial charge in [-0.15, -0.1) is 0 Å². The van der Waals surface area contributed by atoms with Gasteiger partial charge in [0.2, 0.25) is 4.96 Å². The van der Waals surface area contributed by atoms with Gasteiger partial charge in [-0.05, 0) is 13.8 Å². The molecule has 98 valence electrons. The molecule has 0 radical (unpaired) electrons. The minimum Gasteiger partial charge on any atom is -0.378 e. The first-order valence-corrected chi connectivity index (χ1v) is 6.61. The molecule has 0 aliphatic rings. The van der Waals surface area contributed by atoms with Crippen molar-refractivity contribution in [3.63, 3.8) is 0 Å². The van der Waals surface area contributed by atoms with Crippen molar-refractivity contribution < 1.29 is 4.39 Å². The lowest BCUT2D eigenvalue weighted by molar-refractivity contribution is 0.622. The highest BCUT2D eigenvalue weighted by Crippen LogP contribution is 2.19. The molecular weight excluding hydrogens is 265 g/mol. The average Bonchev–Trinajstić information content (AvgIpc) is 2.82. The maximum absolute atomic E-state index is 13.0. The van der Waals surface area contributed by atoms with Crippen molar-refractivity contribution in [2.45, 2.75) is 20.4 Å². The van der Waals surface area contributed by atoms with Gasteiger partial charge >= 0.3 is 0 Å². The normalized spacial score (nSPS) is 11.1. The maximum atomic E-state index is 13.0. The van der Waals surface area contributed by atoms with Gasteiger partial charge in [-0.3, -0.25) is 4.98 Å². The fourth-order valence-electron chi connectivity index (χ4n) is 1.88. The van der Waals surface area contributed by atoms with E-state index in [2.05, 4.69) is 20.4 Å². The Kier molecular flexibility index (Phi) is 2.90. The van der Waals surface area contributed by atoms with Crippen molar-refractivity contribution in [2.24, 2.45) is 0 Å². The molecule has 0 amide bonds. The SMILES string of the molecule is Cc1nn2c(CNc3cncc(F)c3)c(C)nc2s1. The van der Waals surface area contributed by atoms with E-state index in [1.807, 2.05) is 18.4 Å². The highest BCUT2D eigenvalue weighted by molar-refractivity contribution is 7.16. The van der Waals surface area contributed by atoms with Crippen LogP contribution < -0.4 is 5.32 Å². The van der Waals surface area contributed by atoms with Crippen molar-refractivity contribution in [3.8, 4) is 0 Å². The van der Waals surface area contributed by atoms with Crippen LogP contribution in [-0.4, -0.2) is 19.6 Å². The standard InChI is InChI=1S/C12H12FN5S/c1-7-11(18-12(16-7)19-8(2)17-18)6-15-10-3-9(13)4-14-5-10/h3-5,15H,6H2,1-2H3. The topological polar surface area (TPSA) is 55.1 Å². The molecule has 0 unspecified atom stereocenters. The monoisotopic (exact) mass is 277 g/mol. The van der Waals surface area contributed by atoms with Crippen LogP contribution in [0.2, 0.25) is 0 Å². The predicted molar refractivity (Wildman–Crippen MR) is 71.9 cm³/mol. The number of rotatable bonds is 3. The molecule has 19 heavy (non-hydrogen) atoms. The molecule has 0 aromatic carbocycles. The van der Waals surface area contributed by atoms with Crippen LogP contribution in [-0.2, 0) is 6.54 Å². The summed E-state index contributed by atoms with van der Waals surface area (Å²) in [6, 6.07) is 1.41. The number of fused-ring (bicyclic) bond motifs is 1. The Bertz CT molecular complexity index is 733. The van der Waals surface area contributed by atoms with Crippen LogP contribution in [0, 0.1) is 19.7 Å². The summed E-state index contributed by atoms with van der Waals surface area (Å²) in [7, 11) is 0. The van der Waals surface area contributed by atoms with Crippen molar-refractivity contribution >= 4 is 22.0 Å². The van der Waals surface area contributed by atoms with Crippen LogP contribution in [0.3, 0.4) is 0 Å². The van der Waals surface area contributed by atoms with E-state index in [0.29, 0.717) is 12.2 Å². The van der Waals surface area contributed by atoms with Crippen LogP contribution >= 0.6 is 11.3 Å². The van der Waals surface area contributed by atoms with E-state index in [1.165, 1.54) is 12.3 Å². The minimum atomic E-state index is -0.357. The van der Waals surface area contributed by atoms with Gasteiger partial charge in [-0.25, -0.2) is 13.9 Å². The Hall–Kier alpha value is -2.02. The van der Waals surface area contributed by atoms with Gasteiger partial charge in [0.15, 0.2) is 0 Å². The summed E-state index contributed by atoms with van der Waals surface area (Å²) in [4.78, 5) is 9.13. The third-order valence-corrected chi connectivity index (χ3v) is 3.59. The average molecular weight is 277 g/mol. The van der Waals surface area contributed by atoms with Crippen molar-refractivity contribution in [2.75, 3.05) is 5.32 Å². The van der Waals surface area contributed by atoms with Gasteiger partial charge in [-0.2, -0.15) is 5.10 Å². The maximum Gasteiger partial charge on any atom is 0.212 e. The lowest BCUT2D eigenvalue weighted by atomic mass is 10.3. The number of nitrogens with zero attached hydrogens (tertiary/aromatic N) is 4. The Morgan fingerprint density at radius 2 is 2.21 bits per heavy atom. The van der Waals surface area contributed by atoms with E-state index in [0.717, 1.165) is 21.4 Å². The third kappa shape index (κ3) is 2.28. The van der Waals surface area contributed by atoms with Crippen LogP contribution in [0.1, 0.15) is 16.4 Å². The van der Waals surface area contributed by atoms with E-state index in [1.54, 1.807) is 17.5 Å². The first-order chi connectivity index (χ1) is 9.13. The lowest BCUT2D eigenvalue weighted by Gasteiger charge is -2.05. The number of imidazole rings is 1. The van der Waals surface area contributed by atoms with Crippen molar-refractivity contribution in [1.82, 2.24) is 19.6 Å². The molecule has 0 bridgehead atoms. The zero-order valence-corrected chi connectivity index (χ0v) is 11.3. The van der Waals surface area contributed by atoms with Crippen LogP contribution in [0.15, 0.2) is 18.5 Å². The minimum absolute atomic E-state index is 0.357. The zero-order chi connectivity index (χ0) is 13.4. The number of anilines is 1. The van der Waals surface area contributed by atoms with Gasteiger partial charge in [0.25, 0.3) is 0 Å². The van der Waals surface area contributed by atoms with E-state index in [-0.39, 0.29) is 5.82 Å². The van der Waals surface area contributed by atoms with E-state index < -0.39 is 0 Å². The van der Waals surface area contributed by atoms with E-state index in [4.69, 9.17) is 0 Å². The molecule has 1 N–H and O–H groups in total. The summed E-state index contributed by atoms with van der Waals surface area (Å²) in [5.74, 6) is -0.357. The quantitative estimate of drug-likeness (QED) is 0.799. The molecule has 0 aliphatic heterocycles. The number of hydrogen-bond acceptors (Lipinski definition) is 5. The molecule has 0 aliphatic carbocycles. The molecule has 3 aromatic rings. The number of aryl methyl sites for hydroxylation is 2. The zero-order valence-electron chi connectivity index (χ0n) is 10.5. The smallest absolute Gasteiger partial charge is 0.212 e. The summed E-state index contributed by atoms with van der Waals surface area (Å²) in [6.45, 7) is 4.42. The molecule has 3 rings (SSSR count). The fraction of sp³-hybridized carbons (Fsp3) is 0.250. The summed E-state index contributed by atoms with van der Waals surface area (Å²) < 4.78 is 14.9. The first-order valence-electron chi connectivity index (χ1n) is 5.79. The van der Waals surface area contributed by atoms with Crippen LogP contribution in [0.25, 0.3) is 4.96 Å². The van der Waals surface area contributed by atoms with Crippen LogP contribution in [0.5, 0.6) is 0 Å². The lowest BCUT2D eigenvalue weighted by Crippen LogP contribution is -2.05. The third-order valence-electron chi connectivity index (χ3n) is 2.76. The van der Waals surface area contributed by atoms with Gasteiger partial charge in [-0.1, -0.05) is 11.3 Å². The second-order valence-corrected chi connectivity index (χ2v) is 5.36. The predicted octanol–water partition coefficient (Wildman–Crippen LogP) is 2.55. The van der Waals surface area contributed by atoms with Crippen molar-refractivity contribution in [3.05, 3.63) is 40.7 Å². The highest BCUT2D eigenvalue weighted by Gasteiger charge is 2.12. The number of halogens is 1. The van der Waals surface area contributed by atoms with Crippen LogP contribution in [0.4, 0.5) is 10.1 Å². The number of aromatic nitrogens is 4.